The van der Waals surface area contributed by atoms with Gasteiger partial charge < -0.3 is 24.4 Å². The second-order valence-corrected chi connectivity index (χ2v) is 9.74. The van der Waals surface area contributed by atoms with Crippen molar-refractivity contribution in [2.75, 3.05) is 26.9 Å². The SMILES string of the molecule is COC(=O)[C@@H]1CCCN1C(=O)[C@H](COCc1ccccc1)NC(=O)OCC1c2ccccc2-c2ccccc21. The summed E-state index contributed by atoms with van der Waals surface area (Å²) in [6, 6.07) is 24.0. The number of esters is 1. The molecule has 0 unspecified atom stereocenters. The van der Waals surface area contributed by atoms with Gasteiger partial charge in [-0.3, -0.25) is 4.79 Å². The van der Waals surface area contributed by atoms with E-state index in [4.69, 9.17) is 14.2 Å². The highest BCUT2D eigenvalue weighted by atomic mass is 16.5. The number of hydrogen-bond acceptors (Lipinski definition) is 6. The summed E-state index contributed by atoms with van der Waals surface area (Å²) in [7, 11) is 1.30. The van der Waals surface area contributed by atoms with Crippen molar-refractivity contribution in [3.8, 4) is 11.1 Å². The monoisotopic (exact) mass is 528 g/mol. The number of rotatable bonds is 9. The van der Waals surface area contributed by atoms with Gasteiger partial charge in [0, 0.05) is 12.5 Å². The van der Waals surface area contributed by atoms with Crippen molar-refractivity contribution < 1.29 is 28.6 Å². The lowest BCUT2D eigenvalue weighted by atomic mass is 9.98. The fourth-order valence-electron chi connectivity index (χ4n) is 5.44. The Morgan fingerprint density at radius 3 is 2.23 bits per heavy atom. The number of carbonyl (C=O) groups excluding carboxylic acids is 3. The predicted octanol–water partition coefficient (Wildman–Crippen LogP) is 4.27. The molecule has 8 nitrogen and oxygen atoms in total. The van der Waals surface area contributed by atoms with E-state index < -0.39 is 30.1 Å². The molecule has 1 aliphatic heterocycles. The molecular weight excluding hydrogens is 496 g/mol. The topological polar surface area (TPSA) is 94.2 Å². The summed E-state index contributed by atoms with van der Waals surface area (Å²) < 4.78 is 16.4. The number of likely N-dealkylation sites (tertiary alicyclic amines) is 1. The van der Waals surface area contributed by atoms with Crippen LogP contribution in [-0.4, -0.2) is 61.8 Å². The normalized spacial score (nSPS) is 16.7. The first-order chi connectivity index (χ1) is 19.1. The van der Waals surface area contributed by atoms with Crippen LogP contribution in [0.1, 0.15) is 35.4 Å². The summed E-state index contributed by atoms with van der Waals surface area (Å²) in [6.45, 7) is 0.736. The lowest BCUT2D eigenvalue weighted by Gasteiger charge is -2.28. The van der Waals surface area contributed by atoms with Crippen molar-refractivity contribution in [1.29, 1.82) is 0 Å². The highest BCUT2D eigenvalue weighted by molar-refractivity contribution is 5.90. The van der Waals surface area contributed by atoms with Gasteiger partial charge in [-0.2, -0.15) is 0 Å². The molecule has 2 atom stereocenters. The van der Waals surface area contributed by atoms with Crippen LogP contribution in [0.2, 0.25) is 0 Å². The van der Waals surface area contributed by atoms with E-state index in [1.54, 1.807) is 0 Å². The maximum atomic E-state index is 13.5. The quantitative estimate of drug-likeness (QED) is 0.417. The second kappa shape index (κ2) is 12.1. The van der Waals surface area contributed by atoms with Crippen LogP contribution in [0.5, 0.6) is 0 Å². The van der Waals surface area contributed by atoms with Crippen LogP contribution in [0, 0.1) is 0 Å². The molecule has 1 aliphatic carbocycles. The van der Waals surface area contributed by atoms with Crippen LogP contribution in [0.15, 0.2) is 78.9 Å². The molecule has 3 aromatic rings. The molecule has 1 saturated heterocycles. The third-order valence-corrected chi connectivity index (χ3v) is 7.34. The third-order valence-electron chi connectivity index (χ3n) is 7.34. The fourth-order valence-corrected chi connectivity index (χ4v) is 5.44. The highest BCUT2D eigenvalue weighted by Crippen LogP contribution is 2.44. The van der Waals surface area contributed by atoms with Gasteiger partial charge in [0.05, 0.1) is 20.3 Å². The summed E-state index contributed by atoms with van der Waals surface area (Å²) in [4.78, 5) is 40.2. The molecule has 3 aromatic carbocycles. The fraction of sp³-hybridized carbons (Fsp3) is 0.323. The Morgan fingerprint density at radius 1 is 0.923 bits per heavy atom. The van der Waals surface area contributed by atoms with Crippen molar-refractivity contribution in [3.05, 3.63) is 95.6 Å². The predicted molar refractivity (Wildman–Crippen MR) is 145 cm³/mol. The van der Waals surface area contributed by atoms with Crippen LogP contribution in [0.4, 0.5) is 4.79 Å². The average molecular weight is 529 g/mol. The van der Waals surface area contributed by atoms with E-state index in [-0.39, 0.29) is 25.7 Å². The molecule has 0 bridgehead atoms. The van der Waals surface area contributed by atoms with Crippen LogP contribution >= 0.6 is 0 Å². The lowest BCUT2D eigenvalue weighted by Crippen LogP contribution is -2.53. The maximum Gasteiger partial charge on any atom is 0.407 e. The van der Waals surface area contributed by atoms with Gasteiger partial charge in [0.2, 0.25) is 5.91 Å². The molecule has 0 saturated carbocycles. The minimum atomic E-state index is -1.02. The standard InChI is InChI=1S/C31H32N2O6/c1-37-30(35)28-16-9-17-33(28)29(34)27(20-38-18-21-10-3-2-4-11-21)32-31(36)39-19-26-24-14-7-5-12-22(24)23-13-6-8-15-25(23)26/h2-8,10-15,26-28H,9,16-20H2,1H3,(H,32,36)/t27-,28-/m0/s1. The molecular formula is C31H32N2O6. The maximum absolute atomic E-state index is 13.5. The van der Waals surface area contributed by atoms with E-state index in [0.29, 0.717) is 19.4 Å². The van der Waals surface area contributed by atoms with E-state index in [9.17, 15) is 14.4 Å². The first kappa shape index (κ1) is 26.4. The molecule has 1 fully saturated rings. The summed E-state index contributed by atoms with van der Waals surface area (Å²) in [5, 5.41) is 2.70. The molecule has 1 heterocycles. The van der Waals surface area contributed by atoms with Crippen molar-refractivity contribution >= 4 is 18.0 Å². The Morgan fingerprint density at radius 2 is 1.56 bits per heavy atom. The number of carbonyl (C=O) groups is 3. The van der Waals surface area contributed by atoms with Gasteiger partial charge in [-0.25, -0.2) is 9.59 Å². The van der Waals surface area contributed by atoms with Gasteiger partial charge >= 0.3 is 12.1 Å². The Balaban J connectivity index is 1.27. The number of fused-ring (bicyclic) bond motifs is 3. The molecule has 5 rings (SSSR count). The lowest BCUT2D eigenvalue weighted by molar-refractivity contribution is -0.152. The first-order valence-electron chi connectivity index (χ1n) is 13.2. The van der Waals surface area contributed by atoms with Crippen molar-refractivity contribution in [2.24, 2.45) is 0 Å². The van der Waals surface area contributed by atoms with Crippen molar-refractivity contribution in [2.45, 2.75) is 37.5 Å². The van der Waals surface area contributed by atoms with Gasteiger partial charge in [-0.15, -0.1) is 0 Å². The van der Waals surface area contributed by atoms with Gasteiger partial charge in [-0.05, 0) is 40.7 Å². The largest absolute Gasteiger partial charge is 0.467 e. The van der Waals surface area contributed by atoms with E-state index in [1.165, 1.54) is 12.0 Å². The number of alkyl carbamates (subject to hydrolysis) is 1. The summed E-state index contributed by atoms with van der Waals surface area (Å²) in [6.07, 6.45) is 0.474. The van der Waals surface area contributed by atoms with Crippen molar-refractivity contribution in [3.63, 3.8) is 0 Å². The number of benzene rings is 3. The molecule has 1 N–H and O–H groups in total. The molecule has 0 aromatic heterocycles. The Kier molecular flexibility index (Phi) is 8.22. The zero-order valence-corrected chi connectivity index (χ0v) is 21.9. The smallest absolute Gasteiger partial charge is 0.407 e. The van der Waals surface area contributed by atoms with E-state index >= 15 is 0 Å². The van der Waals surface area contributed by atoms with Gasteiger partial charge in [-0.1, -0.05) is 78.9 Å². The number of methoxy groups -OCH3 is 1. The molecule has 0 spiro atoms. The van der Waals surface area contributed by atoms with Crippen LogP contribution in [0.3, 0.4) is 0 Å². The van der Waals surface area contributed by atoms with Crippen LogP contribution in [0.25, 0.3) is 11.1 Å². The number of ether oxygens (including phenoxy) is 3. The Labute approximate surface area is 227 Å². The van der Waals surface area contributed by atoms with Gasteiger partial charge in [0.25, 0.3) is 0 Å². The molecule has 39 heavy (non-hydrogen) atoms. The van der Waals surface area contributed by atoms with Crippen molar-refractivity contribution in [1.82, 2.24) is 10.2 Å². The van der Waals surface area contributed by atoms with E-state index in [0.717, 1.165) is 27.8 Å². The zero-order valence-electron chi connectivity index (χ0n) is 21.9. The van der Waals surface area contributed by atoms with Gasteiger partial charge in [0.15, 0.2) is 0 Å². The Bertz CT molecular complexity index is 1280. The minimum Gasteiger partial charge on any atom is -0.467 e. The summed E-state index contributed by atoms with van der Waals surface area (Å²) >= 11 is 0. The molecule has 202 valence electrons. The average Bonchev–Trinajstić information content (AvgIpc) is 3.59. The zero-order chi connectivity index (χ0) is 27.2. The molecule has 2 amide bonds. The van der Waals surface area contributed by atoms with E-state index in [1.807, 2.05) is 66.7 Å². The number of amides is 2. The van der Waals surface area contributed by atoms with E-state index in [2.05, 4.69) is 17.4 Å². The van der Waals surface area contributed by atoms with Crippen LogP contribution < -0.4 is 5.32 Å². The molecule has 0 radical (unpaired) electrons. The second-order valence-electron chi connectivity index (χ2n) is 9.74. The third kappa shape index (κ3) is 5.81. The number of nitrogens with one attached hydrogen (secondary N) is 1. The minimum absolute atomic E-state index is 0.0671. The highest BCUT2D eigenvalue weighted by Gasteiger charge is 2.39. The van der Waals surface area contributed by atoms with Crippen LogP contribution in [-0.2, 0) is 30.4 Å². The molecule has 8 heteroatoms. The van der Waals surface area contributed by atoms with Gasteiger partial charge in [0.1, 0.15) is 18.7 Å². The summed E-state index contributed by atoms with van der Waals surface area (Å²) in [5.41, 5.74) is 5.41. The number of nitrogens with zero attached hydrogens (tertiary/aromatic N) is 1. The first-order valence-corrected chi connectivity index (χ1v) is 13.2. The Hall–Kier alpha value is -4.17. The molecule has 2 aliphatic rings. The number of hydrogen-bond donors (Lipinski definition) is 1. The summed E-state index contributed by atoms with van der Waals surface area (Å²) in [5.74, 6) is -0.968.